The largest absolute Gasteiger partial charge is 0.472 e. The molecule has 0 aliphatic carbocycles. The Hall–Kier alpha value is -1.94. The van der Waals surface area contributed by atoms with Gasteiger partial charge in [0, 0.05) is 25.7 Å². The molecule has 0 radical (unpaired) electrons. The third kappa shape index (κ3) is 59.5. The summed E-state index contributed by atoms with van der Waals surface area (Å²) in [7, 11) is -9.89. The summed E-state index contributed by atoms with van der Waals surface area (Å²) in [5.74, 6) is -0.644. The molecule has 3 N–H and O–H groups in total. The molecule has 0 aliphatic rings. The Labute approximate surface area is 517 Å². The van der Waals surface area contributed by atoms with E-state index in [0.29, 0.717) is 25.7 Å². The third-order valence-electron chi connectivity index (χ3n) is 15.6. The highest BCUT2D eigenvalue weighted by molar-refractivity contribution is 7.47. The van der Waals surface area contributed by atoms with Crippen molar-refractivity contribution in [1.82, 2.24) is 0 Å². The Kier molecular flexibility index (Phi) is 57.1. The molecular formula is C66H128O17P2. The number of carbonyl (C=O) groups is 4. The minimum absolute atomic E-state index is 0.104. The van der Waals surface area contributed by atoms with E-state index in [1.807, 2.05) is 0 Å². The molecule has 0 aromatic carbocycles. The molecule has 0 aromatic heterocycles. The van der Waals surface area contributed by atoms with Gasteiger partial charge in [0.05, 0.1) is 26.4 Å². The van der Waals surface area contributed by atoms with Crippen molar-refractivity contribution in [2.75, 3.05) is 39.6 Å². The van der Waals surface area contributed by atoms with Gasteiger partial charge in [-0.05, 0) is 37.5 Å². The van der Waals surface area contributed by atoms with Crippen molar-refractivity contribution in [2.45, 2.75) is 349 Å². The molecule has 0 aromatic rings. The number of hydrogen-bond acceptors (Lipinski definition) is 15. The van der Waals surface area contributed by atoms with Gasteiger partial charge >= 0.3 is 39.5 Å². The van der Waals surface area contributed by atoms with Gasteiger partial charge in [-0.15, -0.1) is 0 Å². The van der Waals surface area contributed by atoms with Gasteiger partial charge in [0.15, 0.2) is 12.2 Å². The van der Waals surface area contributed by atoms with Gasteiger partial charge < -0.3 is 33.8 Å². The predicted molar refractivity (Wildman–Crippen MR) is 340 cm³/mol. The molecule has 17 nitrogen and oxygen atoms in total. The zero-order chi connectivity index (χ0) is 62.9. The molecule has 504 valence electrons. The second-order valence-electron chi connectivity index (χ2n) is 24.6. The highest BCUT2D eigenvalue weighted by Crippen LogP contribution is 2.45. The lowest BCUT2D eigenvalue weighted by molar-refractivity contribution is -0.161. The van der Waals surface area contributed by atoms with Crippen LogP contribution in [0, 0.1) is 11.8 Å². The van der Waals surface area contributed by atoms with Crippen LogP contribution in [0.2, 0.25) is 0 Å². The number of phosphoric ester groups is 2. The average Bonchev–Trinajstić information content (AvgIpc) is 3.50. The zero-order valence-corrected chi connectivity index (χ0v) is 56.7. The van der Waals surface area contributed by atoms with E-state index < -0.39 is 97.5 Å². The fraction of sp³-hybridized carbons (Fsp3) is 0.939. The van der Waals surface area contributed by atoms with Gasteiger partial charge in [-0.3, -0.25) is 37.3 Å². The van der Waals surface area contributed by atoms with Crippen LogP contribution in [0.5, 0.6) is 0 Å². The van der Waals surface area contributed by atoms with Crippen molar-refractivity contribution in [3.63, 3.8) is 0 Å². The molecule has 0 heterocycles. The summed E-state index contributed by atoms with van der Waals surface area (Å²) in [5, 5.41) is 10.6. The van der Waals surface area contributed by atoms with Crippen molar-refractivity contribution in [2.24, 2.45) is 11.8 Å². The number of rotatable bonds is 65. The SMILES string of the molecule is CCCCCCCCCCCCCCC(=O)OC[C@H](COP(=O)(O)OC[C@@H](O)COP(=O)(O)OC[C@@H](COC(=O)CCCCCCCCCCCC)OC(=O)CCCCCCCCCCC(C)C)OC(=O)CCCCCCCCCCC(C)CC. The van der Waals surface area contributed by atoms with E-state index in [0.717, 1.165) is 102 Å². The van der Waals surface area contributed by atoms with Gasteiger partial charge in [-0.2, -0.15) is 0 Å². The van der Waals surface area contributed by atoms with E-state index in [-0.39, 0.29) is 25.7 Å². The smallest absolute Gasteiger partial charge is 0.462 e. The summed E-state index contributed by atoms with van der Waals surface area (Å²) >= 11 is 0. The summed E-state index contributed by atoms with van der Waals surface area (Å²) in [6.07, 6.45) is 41.6. The summed E-state index contributed by atoms with van der Waals surface area (Å²) in [5.41, 5.74) is 0. The fourth-order valence-electron chi connectivity index (χ4n) is 9.85. The molecule has 0 fully saturated rings. The van der Waals surface area contributed by atoms with Crippen molar-refractivity contribution < 1.29 is 80.2 Å². The molecule has 19 heteroatoms. The van der Waals surface area contributed by atoms with Gasteiger partial charge in [0.1, 0.15) is 19.3 Å². The van der Waals surface area contributed by atoms with Crippen molar-refractivity contribution >= 4 is 39.5 Å². The molecule has 85 heavy (non-hydrogen) atoms. The number of carbonyl (C=O) groups excluding carboxylic acids is 4. The van der Waals surface area contributed by atoms with Crippen molar-refractivity contribution in [3.05, 3.63) is 0 Å². The second-order valence-corrected chi connectivity index (χ2v) is 27.5. The lowest BCUT2D eigenvalue weighted by Gasteiger charge is -2.21. The lowest BCUT2D eigenvalue weighted by atomic mass is 9.99. The topological polar surface area (TPSA) is 237 Å². The van der Waals surface area contributed by atoms with Crippen molar-refractivity contribution in [1.29, 1.82) is 0 Å². The number of ether oxygens (including phenoxy) is 4. The Morgan fingerprint density at radius 2 is 0.600 bits per heavy atom. The fourth-order valence-corrected chi connectivity index (χ4v) is 11.4. The van der Waals surface area contributed by atoms with E-state index in [9.17, 15) is 43.2 Å². The van der Waals surface area contributed by atoms with Crippen LogP contribution in [0.25, 0.3) is 0 Å². The predicted octanol–water partition coefficient (Wildman–Crippen LogP) is 18.4. The number of hydrogen-bond donors (Lipinski definition) is 3. The van der Waals surface area contributed by atoms with Crippen LogP contribution >= 0.6 is 15.6 Å². The minimum Gasteiger partial charge on any atom is -0.462 e. The first-order valence-electron chi connectivity index (χ1n) is 34.5. The van der Waals surface area contributed by atoms with E-state index in [2.05, 4.69) is 41.5 Å². The van der Waals surface area contributed by atoms with Crippen LogP contribution in [0.1, 0.15) is 330 Å². The van der Waals surface area contributed by atoms with E-state index in [1.165, 1.54) is 148 Å². The molecule has 0 saturated carbocycles. The Bertz CT molecular complexity index is 1670. The first-order chi connectivity index (χ1) is 40.9. The van der Waals surface area contributed by atoms with E-state index >= 15 is 0 Å². The Morgan fingerprint density at radius 3 is 0.894 bits per heavy atom. The molecule has 0 amide bonds. The van der Waals surface area contributed by atoms with E-state index in [4.69, 9.17) is 37.0 Å². The summed E-state index contributed by atoms with van der Waals surface area (Å²) in [6, 6.07) is 0. The zero-order valence-electron chi connectivity index (χ0n) is 54.9. The van der Waals surface area contributed by atoms with Crippen molar-refractivity contribution in [3.8, 4) is 0 Å². The van der Waals surface area contributed by atoms with Gasteiger partial charge in [-0.25, -0.2) is 9.13 Å². The molecule has 0 bridgehead atoms. The number of phosphoric acid groups is 2. The Balaban J connectivity index is 5.25. The van der Waals surface area contributed by atoms with Crippen LogP contribution in [0.3, 0.4) is 0 Å². The summed E-state index contributed by atoms with van der Waals surface area (Å²) in [4.78, 5) is 72.3. The van der Waals surface area contributed by atoms with E-state index in [1.54, 1.807) is 0 Å². The number of esters is 4. The summed E-state index contributed by atoms with van der Waals surface area (Å²) < 4.78 is 68.1. The van der Waals surface area contributed by atoms with Gasteiger partial charge in [-0.1, -0.05) is 279 Å². The highest BCUT2D eigenvalue weighted by Gasteiger charge is 2.30. The molecular weight excluding hydrogens is 1130 g/mol. The minimum atomic E-state index is -4.95. The molecule has 0 saturated heterocycles. The van der Waals surface area contributed by atoms with Crippen LogP contribution in [-0.4, -0.2) is 96.7 Å². The van der Waals surface area contributed by atoms with Crippen LogP contribution in [0.15, 0.2) is 0 Å². The maximum atomic E-state index is 13.0. The normalized spacial score (nSPS) is 14.6. The molecule has 3 unspecified atom stereocenters. The highest BCUT2D eigenvalue weighted by atomic mass is 31.2. The Morgan fingerprint density at radius 1 is 0.341 bits per heavy atom. The molecule has 0 spiro atoms. The number of aliphatic hydroxyl groups is 1. The van der Waals surface area contributed by atoms with Crippen LogP contribution in [-0.2, 0) is 65.4 Å². The van der Waals surface area contributed by atoms with Gasteiger partial charge in [0.25, 0.3) is 0 Å². The van der Waals surface area contributed by atoms with Crippen LogP contribution < -0.4 is 0 Å². The van der Waals surface area contributed by atoms with Crippen LogP contribution in [0.4, 0.5) is 0 Å². The average molecular weight is 1260 g/mol. The first-order valence-corrected chi connectivity index (χ1v) is 37.5. The number of unbranched alkanes of at least 4 members (excludes halogenated alkanes) is 34. The monoisotopic (exact) mass is 1250 g/mol. The third-order valence-corrected chi connectivity index (χ3v) is 17.5. The second kappa shape index (κ2) is 58.4. The molecule has 0 aliphatic heterocycles. The number of aliphatic hydroxyl groups excluding tert-OH is 1. The molecule has 6 atom stereocenters. The van der Waals surface area contributed by atoms with Gasteiger partial charge in [0.2, 0.25) is 0 Å². The maximum absolute atomic E-state index is 13.0. The standard InChI is InChI=1S/C66H128O17P2/c1-7-10-12-14-16-18-20-21-23-31-37-43-49-64(69)77-55-62(83-66(71)51-45-39-33-27-25-29-35-41-47-59(6)9-3)57-81-85(74,75)79-53-60(67)52-78-84(72,73)80-56-61(54-76-63(68)48-42-36-30-22-19-17-15-13-11-8-2)82-65(70)50-44-38-32-26-24-28-34-40-46-58(4)5/h58-62,67H,7-57H2,1-6H3,(H,72,73)(H,74,75)/t59?,60-,61+,62+/m0/s1. The quantitative estimate of drug-likeness (QED) is 0.0222. The first kappa shape index (κ1) is 83.1. The molecule has 0 rings (SSSR count). The maximum Gasteiger partial charge on any atom is 0.472 e. The lowest BCUT2D eigenvalue weighted by Crippen LogP contribution is -2.30. The summed E-state index contributed by atoms with van der Waals surface area (Å²) in [6.45, 7) is 9.46.